The van der Waals surface area contributed by atoms with E-state index < -0.39 is 0 Å². The summed E-state index contributed by atoms with van der Waals surface area (Å²) in [4.78, 5) is 0. The molecule has 1 heterocycles. The molecule has 2 heteroatoms. The van der Waals surface area contributed by atoms with Gasteiger partial charge in [-0.15, -0.1) is 0 Å². The predicted octanol–water partition coefficient (Wildman–Crippen LogP) is 3.30. The molecule has 0 aliphatic rings. The van der Waals surface area contributed by atoms with Gasteiger partial charge in [0, 0.05) is 0 Å². The quantitative estimate of drug-likeness (QED) is 0.760. The fraction of sp³-hybridized carbons (Fsp3) is 0.231. The van der Waals surface area contributed by atoms with E-state index in [0.29, 0.717) is 19.3 Å². The molecule has 0 bridgehead atoms. The van der Waals surface area contributed by atoms with E-state index in [4.69, 9.17) is 10.5 Å². The van der Waals surface area contributed by atoms with E-state index in [1.165, 1.54) is 6.26 Å². The van der Waals surface area contributed by atoms with Crippen molar-refractivity contribution in [2.24, 2.45) is 0 Å². The number of hydrogen-bond acceptors (Lipinski definition) is 2. The lowest BCUT2D eigenvalue weighted by Gasteiger charge is -2.02. The Bertz CT molecular complexity index is 448. The summed E-state index contributed by atoms with van der Waals surface area (Å²) in [6.45, 7) is 2.85. The Morgan fingerprint density at radius 3 is 2.73 bits per heavy atom. The maximum atomic E-state index is 7.49. The topological polar surface area (TPSA) is 22.4 Å². The molecule has 1 aromatic carbocycles. The van der Waals surface area contributed by atoms with Crippen LogP contribution < -0.4 is 0 Å². The van der Waals surface area contributed by atoms with Gasteiger partial charge in [-0.1, -0.05) is 30.3 Å². The molecule has 0 atom stereocenters. The highest BCUT2D eigenvalue weighted by molar-refractivity contribution is 5.15. The highest BCUT2D eigenvalue weighted by Gasteiger charge is 2.01. The van der Waals surface area contributed by atoms with Gasteiger partial charge >= 0.3 is 0 Å². The minimum Gasteiger partial charge on any atom is -0.467 e. The van der Waals surface area contributed by atoms with Gasteiger partial charge in [0.05, 0.1) is 14.2 Å². The SMILES string of the molecule is [2H]c1coc(COCc2ccccc2)c1C. The standard InChI is InChI=1S/C13H14O2/c1-11-7-8-15-13(11)10-14-9-12-5-3-2-4-6-12/h2-8H,9-10H2,1H3/i7D. The van der Waals surface area contributed by atoms with E-state index in [-0.39, 0.29) is 0 Å². The average molecular weight is 203 g/mol. The normalized spacial score (nSPS) is 11.4. The van der Waals surface area contributed by atoms with Gasteiger partial charge in [-0.05, 0) is 24.1 Å². The maximum absolute atomic E-state index is 7.49. The molecular formula is C13H14O2. The van der Waals surface area contributed by atoms with Gasteiger partial charge in [-0.25, -0.2) is 0 Å². The Morgan fingerprint density at radius 2 is 2.07 bits per heavy atom. The molecule has 0 unspecified atom stereocenters. The fourth-order valence-electron chi connectivity index (χ4n) is 1.34. The molecule has 2 aromatic rings. The second-order valence-corrected chi connectivity index (χ2v) is 3.41. The molecule has 2 nitrogen and oxygen atoms in total. The van der Waals surface area contributed by atoms with E-state index in [0.717, 1.165) is 16.9 Å². The number of ether oxygens (including phenoxy) is 1. The van der Waals surface area contributed by atoms with Gasteiger partial charge in [0.25, 0.3) is 0 Å². The van der Waals surface area contributed by atoms with Crippen molar-refractivity contribution in [3.05, 3.63) is 59.5 Å². The minimum absolute atomic E-state index is 0.416. The van der Waals surface area contributed by atoms with Crippen LogP contribution in [0.2, 0.25) is 0 Å². The Labute approximate surface area is 90.9 Å². The molecule has 15 heavy (non-hydrogen) atoms. The van der Waals surface area contributed by atoms with Crippen LogP contribution in [-0.2, 0) is 18.0 Å². The van der Waals surface area contributed by atoms with Crippen molar-refractivity contribution in [3.8, 4) is 0 Å². The molecule has 1 aromatic heterocycles. The largest absolute Gasteiger partial charge is 0.467 e. The number of benzene rings is 1. The first-order valence-electron chi connectivity index (χ1n) is 5.42. The fourth-order valence-corrected chi connectivity index (χ4v) is 1.34. The zero-order chi connectivity index (χ0) is 11.4. The Balaban J connectivity index is 1.87. The highest BCUT2D eigenvalue weighted by Crippen LogP contribution is 2.11. The van der Waals surface area contributed by atoms with Crippen molar-refractivity contribution in [1.29, 1.82) is 0 Å². The third-order valence-electron chi connectivity index (χ3n) is 2.24. The molecular weight excluding hydrogens is 188 g/mol. The molecule has 0 radical (unpaired) electrons. The molecule has 2 rings (SSSR count). The van der Waals surface area contributed by atoms with Crippen molar-refractivity contribution in [3.63, 3.8) is 0 Å². The van der Waals surface area contributed by atoms with Crippen molar-refractivity contribution < 1.29 is 10.5 Å². The van der Waals surface area contributed by atoms with Gasteiger partial charge in [-0.2, -0.15) is 0 Å². The molecule has 0 N–H and O–H groups in total. The van der Waals surface area contributed by atoms with Gasteiger partial charge in [0.2, 0.25) is 0 Å². The zero-order valence-electron chi connectivity index (χ0n) is 9.69. The van der Waals surface area contributed by atoms with E-state index in [2.05, 4.69) is 0 Å². The molecule has 0 aliphatic carbocycles. The van der Waals surface area contributed by atoms with Gasteiger partial charge in [0.1, 0.15) is 12.4 Å². The van der Waals surface area contributed by atoms with E-state index in [9.17, 15) is 0 Å². The smallest absolute Gasteiger partial charge is 0.132 e. The first kappa shape index (κ1) is 8.74. The molecule has 0 spiro atoms. The lowest BCUT2D eigenvalue weighted by atomic mass is 10.2. The third-order valence-corrected chi connectivity index (χ3v) is 2.24. The predicted molar refractivity (Wildman–Crippen MR) is 58.4 cm³/mol. The van der Waals surface area contributed by atoms with Crippen LogP contribution in [-0.4, -0.2) is 0 Å². The van der Waals surface area contributed by atoms with Crippen LogP contribution in [0.25, 0.3) is 0 Å². The lowest BCUT2D eigenvalue weighted by molar-refractivity contribution is 0.0924. The number of rotatable bonds is 4. The molecule has 0 saturated heterocycles. The van der Waals surface area contributed by atoms with Crippen LogP contribution in [0.3, 0.4) is 0 Å². The second kappa shape index (κ2) is 4.80. The molecule has 0 aliphatic heterocycles. The van der Waals surface area contributed by atoms with Gasteiger partial charge in [0.15, 0.2) is 0 Å². The second-order valence-electron chi connectivity index (χ2n) is 3.41. The summed E-state index contributed by atoms with van der Waals surface area (Å²) in [6, 6.07) is 10.4. The summed E-state index contributed by atoms with van der Waals surface area (Å²) in [6.07, 6.45) is 1.44. The zero-order valence-corrected chi connectivity index (χ0v) is 8.69. The van der Waals surface area contributed by atoms with Crippen LogP contribution in [0.4, 0.5) is 0 Å². The summed E-state index contributed by atoms with van der Waals surface area (Å²) in [5.41, 5.74) is 1.99. The summed E-state index contributed by atoms with van der Waals surface area (Å²) in [5.74, 6) is 0.737. The Kier molecular flexibility index (Phi) is 2.80. The highest BCUT2D eigenvalue weighted by atomic mass is 16.5. The average Bonchev–Trinajstić information content (AvgIpc) is 2.62. The van der Waals surface area contributed by atoms with Crippen molar-refractivity contribution >= 4 is 0 Å². The first-order valence-corrected chi connectivity index (χ1v) is 4.92. The molecule has 0 amide bonds. The van der Waals surface area contributed by atoms with Crippen molar-refractivity contribution in [2.75, 3.05) is 0 Å². The minimum atomic E-state index is 0.416. The first-order chi connectivity index (χ1) is 7.77. The van der Waals surface area contributed by atoms with Gasteiger partial charge < -0.3 is 9.15 Å². The summed E-state index contributed by atoms with van der Waals surface area (Å²) in [5, 5.41) is 0. The Hall–Kier alpha value is -1.54. The molecule has 0 saturated carbocycles. The van der Waals surface area contributed by atoms with Crippen LogP contribution in [0.5, 0.6) is 0 Å². The van der Waals surface area contributed by atoms with Gasteiger partial charge in [-0.3, -0.25) is 0 Å². The third kappa shape index (κ3) is 2.70. The monoisotopic (exact) mass is 203 g/mol. The van der Waals surface area contributed by atoms with E-state index in [1.807, 2.05) is 37.3 Å². The lowest BCUT2D eigenvalue weighted by Crippen LogP contribution is -1.93. The molecule has 0 fully saturated rings. The number of furan rings is 1. The van der Waals surface area contributed by atoms with Crippen LogP contribution in [0.15, 0.2) is 47.1 Å². The van der Waals surface area contributed by atoms with Crippen molar-refractivity contribution in [2.45, 2.75) is 20.1 Å². The van der Waals surface area contributed by atoms with Crippen molar-refractivity contribution in [1.82, 2.24) is 0 Å². The number of hydrogen-bond donors (Lipinski definition) is 0. The molecule has 78 valence electrons. The summed E-state index contributed by atoms with van der Waals surface area (Å²) < 4.78 is 18.2. The summed E-state index contributed by atoms with van der Waals surface area (Å²) in [7, 11) is 0. The van der Waals surface area contributed by atoms with E-state index >= 15 is 0 Å². The Morgan fingerprint density at radius 1 is 1.27 bits per heavy atom. The van der Waals surface area contributed by atoms with Crippen LogP contribution >= 0.6 is 0 Å². The van der Waals surface area contributed by atoms with Crippen LogP contribution in [0, 0.1) is 6.92 Å². The maximum Gasteiger partial charge on any atom is 0.132 e. The van der Waals surface area contributed by atoms with E-state index in [1.54, 1.807) is 0 Å². The summed E-state index contributed by atoms with van der Waals surface area (Å²) >= 11 is 0. The van der Waals surface area contributed by atoms with Crippen LogP contribution in [0.1, 0.15) is 18.3 Å².